The first-order chi connectivity index (χ1) is 17.9. The summed E-state index contributed by atoms with van der Waals surface area (Å²) in [6.45, 7) is -0.763. The zero-order valence-electron chi connectivity index (χ0n) is 20.7. The highest BCUT2D eigenvalue weighted by molar-refractivity contribution is 5.80. The molecule has 1 amide bonds. The van der Waals surface area contributed by atoms with Gasteiger partial charge < -0.3 is 82.9 Å². The highest BCUT2D eigenvalue weighted by Gasteiger charge is 2.52. The number of carbonyl (C=O) groups is 1. The maximum absolute atomic E-state index is 12.4. The highest BCUT2D eigenvalue weighted by Crippen LogP contribution is 2.32. The summed E-state index contributed by atoms with van der Waals surface area (Å²) in [4.78, 5) is 12.4. The molecule has 0 aromatic heterocycles. The Morgan fingerprint density at radius 1 is 0.895 bits per heavy atom. The van der Waals surface area contributed by atoms with E-state index >= 15 is 0 Å². The van der Waals surface area contributed by atoms with Crippen LogP contribution in [0, 0.1) is 0 Å². The fraction of sp³-hybridized carbons (Fsp3) is 0.952. The fourth-order valence-electron chi connectivity index (χ4n) is 4.84. The number of hydrogen-bond donors (Lipinski definition) is 12. The molecule has 17 nitrogen and oxygen atoms in total. The summed E-state index contributed by atoms with van der Waals surface area (Å²) >= 11 is 0. The Morgan fingerprint density at radius 2 is 1.50 bits per heavy atom. The van der Waals surface area contributed by atoms with Gasteiger partial charge in [-0.15, -0.1) is 0 Å². The minimum atomic E-state index is -1.56. The van der Waals surface area contributed by atoms with Gasteiger partial charge in [-0.25, -0.2) is 0 Å². The second kappa shape index (κ2) is 13.5. The average Bonchev–Trinajstić information content (AvgIpc) is 3.16. The summed E-state index contributed by atoms with van der Waals surface area (Å²) < 4.78 is 22.7. The van der Waals surface area contributed by atoms with Crippen molar-refractivity contribution < 1.29 is 59.5 Å². The number of amides is 1. The molecule has 0 aromatic rings. The van der Waals surface area contributed by atoms with Crippen molar-refractivity contribution >= 4 is 5.91 Å². The van der Waals surface area contributed by atoms with Crippen molar-refractivity contribution in [3.63, 3.8) is 0 Å². The molecule has 17 heteroatoms. The van der Waals surface area contributed by atoms with Gasteiger partial charge in [0.2, 0.25) is 5.91 Å². The van der Waals surface area contributed by atoms with E-state index in [1.807, 2.05) is 0 Å². The number of nitrogens with one attached hydrogen (secondary N) is 1. The van der Waals surface area contributed by atoms with E-state index in [-0.39, 0.29) is 25.9 Å². The number of hydrogen-bond acceptors (Lipinski definition) is 16. The van der Waals surface area contributed by atoms with E-state index in [2.05, 4.69) is 5.32 Å². The third-order valence-corrected chi connectivity index (χ3v) is 7.15. The Morgan fingerprint density at radius 3 is 2.08 bits per heavy atom. The smallest absolute Gasteiger partial charge is 0.249 e. The normalized spacial score (nSPS) is 46.6. The Labute approximate surface area is 218 Å². The van der Waals surface area contributed by atoms with E-state index in [0.29, 0.717) is 0 Å². The molecule has 3 fully saturated rings. The third kappa shape index (κ3) is 6.60. The van der Waals surface area contributed by atoms with Gasteiger partial charge in [0.1, 0.15) is 61.0 Å². The average molecular weight is 556 g/mol. The lowest BCUT2D eigenvalue weighted by Crippen LogP contribution is -2.69. The standard InChI is InChI=1S/C21H41N5O12/c22-2-1-8(28)19(34)26-7-3-6(24)17(37-20-11(25)15(32)14(31)10(5-27)36-20)18(12(7)29)38-21-16(33)13(30)9(4-23)35-21/h6-18,20-21,27-33H,1-5,22-25H2,(H,26,34)/t6?,7-,8+,9-,10?,11?,12?,13+,14-,15-,16?,17-,18-,20-,21+/m1/s1. The largest absolute Gasteiger partial charge is 0.394 e. The van der Waals surface area contributed by atoms with Gasteiger partial charge in [0.05, 0.1) is 18.7 Å². The maximum atomic E-state index is 12.4. The van der Waals surface area contributed by atoms with Crippen molar-refractivity contribution in [2.24, 2.45) is 22.9 Å². The molecule has 15 atom stereocenters. The number of aliphatic hydroxyl groups excluding tert-OH is 7. The maximum Gasteiger partial charge on any atom is 0.249 e. The quantitative estimate of drug-likeness (QED) is 0.119. The molecule has 2 aliphatic heterocycles. The number of nitrogens with two attached hydrogens (primary N) is 4. The number of carbonyl (C=O) groups excluding carboxylic acids is 1. The van der Waals surface area contributed by atoms with Crippen LogP contribution in [-0.4, -0.2) is 153 Å². The Kier molecular flexibility index (Phi) is 11.1. The molecule has 1 aliphatic carbocycles. The molecule has 3 rings (SSSR count). The van der Waals surface area contributed by atoms with Gasteiger partial charge in [-0.1, -0.05) is 0 Å². The van der Waals surface area contributed by atoms with Gasteiger partial charge in [-0.3, -0.25) is 4.79 Å². The zero-order valence-corrected chi connectivity index (χ0v) is 20.7. The molecule has 38 heavy (non-hydrogen) atoms. The van der Waals surface area contributed by atoms with Crippen LogP contribution in [0.1, 0.15) is 12.8 Å². The Bertz CT molecular complexity index is 770. The van der Waals surface area contributed by atoms with Crippen LogP contribution in [0.25, 0.3) is 0 Å². The van der Waals surface area contributed by atoms with Crippen LogP contribution < -0.4 is 28.3 Å². The molecular weight excluding hydrogens is 514 g/mol. The van der Waals surface area contributed by atoms with Gasteiger partial charge >= 0.3 is 0 Å². The van der Waals surface area contributed by atoms with Crippen LogP contribution in [-0.2, 0) is 23.7 Å². The molecule has 0 aromatic carbocycles. The van der Waals surface area contributed by atoms with Crippen molar-refractivity contribution in [2.45, 2.75) is 105 Å². The summed E-state index contributed by atoms with van der Waals surface area (Å²) in [6.07, 6.45) is -16.9. The van der Waals surface area contributed by atoms with Crippen molar-refractivity contribution in [2.75, 3.05) is 19.7 Å². The second-order valence-corrected chi connectivity index (χ2v) is 9.84. The molecule has 5 unspecified atom stereocenters. The molecule has 0 radical (unpaired) electrons. The summed E-state index contributed by atoms with van der Waals surface area (Å²) in [5.41, 5.74) is 23.2. The summed E-state index contributed by atoms with van der Waals surface area (Å²) in [5, 5.41) is 74.1. The predicted molar refractivity (Wildman–Crippen MR) is 125 cm³/mol. The van der Waals surface area contributed by atoms with E-state index < -0.39 is 104 Å². The fourth-order valence-corrected chi connectivity index (χ4v) is 4.84. The Balaban J connectivity index is 1.84. The van der Waals surface area contributed by atoms with Crippen molar-refractivity contribution in [3.05, 3.63) is 0 Å². The van der Waals surface area contributed by atoms with Crippen LogP contribution >= 0.6 is 0 Å². The monoisotopic (exact) mass is 555 g/mol. The molecule has 2 heterocycles. The minimum Gasteiger partial charge on any atom is -0.394 e. The topological polar surface area (TPSA) is 312 Å². The van der Waals surface area contributed by atoms with E-state index in [9.17, 15) is 40.5 Å². The number of ether oxygens (including phenoxy) is 4. The molecule has 3 aliphatic rings. The number of aliphatic hydroxyl groups is 7. The lowest BCUT2D eigenvalue weighted by Gasteiger charge is -2.47. The minimum absolute atomic E-state index is 0.0239. The molecular formula is C21H41N5O12. The van der Waals surface area contributed by atoms with Crippen LogP contribution in [0.3, 0.4) is 0 Å². The molecule has 222 valence electrons. The first kappa shape index (κ1) is 31.4. The van der Waals surface area contributed by atoms with Crippen LogP contribution in [0.2, 0.25) is 0 Å². The zero-order chi connectivity index (χ0) is 28.3. The lowest BCUT2D eigenvalue weighted by atomic mass is 9.83. The van der Waals surface area contributed by atoms with Crippen molar-refractivity contribution in [3.8, 4) is 0 Å². The first-order valence-electron chi connectivity index (χ1n) is 12.5. The van der Waals surface area contributed by atoms with Crippen LogP contribution in [0.4, 0.5) is 0 Å². The molecule has 0 spiro atoms. The summed E-state index contributed by atoms with van der Waals surface area (Å²) in [6, 6.07) is -3.33. The second-order valence-electron chi connectivity index (χ2n) is 9.84. The lowest BCUT2D eigenvalue weighted by molar-refractivity contribution is -0.310. The van der Waals surface area contributed by atoms with Crippen LogP contribution in [0.5, 0.6) is 0 Å². The van der Waals surface area contributed by atoms with E-state index in [1.165, 1.54) is 0 Å². The summed E-state index contributed by atoms with van der Waals surface area (Å²) in [7, 11) is 0. The van der Waals surface area contributed by atoms with Crippen molar-refractivity contribution in [1.82, 2.24) is 5.32 Å². The van der Waals surface area contributed by atoms with Gasteiger partial charge in [-0.05, 0) is 19.4 Å². The molecule has 2 saturated heterocycles. The summed E-state index contributed by atoms with van der Waals surface area (Å²) in [5.74, 6) is -0.805. The van der Waals surface area contributed by atoms with Gasteiger partial charge in [0.25, 0.3) is 0 Å². The van der Waals surface area contributed by atoms with E-state index in [0.717, 1.165) is 0 Å². The van der Waals surface area contributed by atoms with Crippen molar-refractivity contribution in [1.29, 1.82) is 0 Å². The molecule has 0 bridgehead atoms. The molecule has 16 N–H and O–H groups in total. The van der Waals surface area contributed by atoms with Gasteiger partial charge in [-0.2, -0.15) is 0 Å². The Hall–Kier alpha value is -1.13. The molecule has 1 saturated carbocycles. The van der Waals surface area contributed by atoms with Gasteiger partial charge in [0.15, 0.2) is 12.6 Å². The first-order valence-corrected chi connectivity index (χ1v) is 12.5. The highest BCUT2D eigenvalue weighted by atomic mass is 16.7. The van der Waals surface area contributed by atoms with Crippen LogP contribution in [0.15, 0.2) is 0 Å². The van der Waals surface area contributed by atoms with E-state index in [1.54, 1.807) is 0 Å². The third-order valence-electron chi connectivity index (χ3n) is 7.15. The van der Waals surface area contributed by atoms with Gasteiger partial charge in [0, 0.05) is 12.6 Å². The van der Waals surface area contributed by atoms with E-state index in [4.69, 9.17) is 41.9 Å². The number of rotatable bonds is 10. The predicted octanol–water partition coefficient (Wildman–Crippen LogP) is -7.79. The SMILES string of the molecule is NCC[C@H](O)C(=O)N[C@@H]1CC(N)[C@@H](O[C@H]2OC(CO)[C@@H](O)[C@H](O)C2N)[C@H](O[C@@H]2O[C@H](CN)[C@H](O)C2O)C1O.